The van der Waals surface area contributed by atoms with Gasteiger partial charge in [0, 0.05) is 37.0 Å². The zero-order valence-electron chi connectivity index (χ0n) is 15.6. The van der Waals surface area contributed by atoms with E-state index in [1.165, 1.54) is 12.8 Å². The van der Waals surface area contributed by atoms with Crippen molar-refractivity contribution in [2.75, 3.05) is 13.1 Å². The van der Waals surface area contributed by atoms with E-state index in [1.807, 2.05) is 35.2 Å². The third kappa shape index (κ3) is 3.61. The second kappa shape index (κ2) is 7.55. The fourth-order valence-electron chi connectivity index (χ4n) is 4.27. The Labute approximate surface area is 158 Å². The molecule has 1 aliphatic carbocycles. The summed E-state index contributed by atoms with van der Waals surface area (Å²) in [7, 11) is 0. The van der Waals surface area contributed by atoms with Gasteiger partial charge in [0.25, 0.3) is 5.91 Å². The van der Waals surface area contributed by atoms with Crippen LogP contribution in [0.4, 0.5) is 0 Å². The molecule has 6 heteroatoms. The lowest BCUT2D eigenvalue weighted by atomic mass is 10.0. The number of likely N-dealkylation sites (tertiary alicyclic amines) is 1. The number of nitrogens with one attached hydrogen (secondary N) is 1. The van der Waals surface area contributed by atoms with Gasteiger partial charge in [-0.1, -0.05) is 48.3 Å². The van der Waals surface area contributed by atoms with E-state index in [0.29, 0.717) is 36.0 Å². The number of hydrogen-bond donors (Lipinski definition) is 1. The molecule has 2 aromatic rings. The summed E-state index contributed by atoms with van der Waals surface area (Å²) >= 11 is 0. The highest BCUT2D eigenvalue weighted by molar-refractivity contribution is 6.00. The van der Waals surface area contributed by atoms with Crippen molar-refractivity contribution in [3.63, 3.8) is 0 Å². The molecule has 0 spiro atoms. The number of carbonyl (C=O) groups is 2. The van der Waals surface area contributed by atoms with Gasteiger partial charge in [-0.25, -0.2) is 0 Å². The summed E-state index contributed by atoms with van der Waals surface area (Å²) in [5.41, 5.74) is 1.88. The minimum atomic E-state index is -0.195. The molecule has 0 unspecified atom stereocenters. The van der Waals surface area contributed by atoms with Gasteiger partial charge in [-0.15, -0.1) is 0 Å². The van der Waals surface area contributed by atoms with Crippen molar-refractivity contribution in [1.82, 2.24) is 15.4 Å². The van der Waals surface area contributed by atoms with E-state index >= 15 is 0 Å². The van der Waals surface area contributed by atoms with Gasteiger partial charge in [-0.05, 0) is 19.8 Å². The van der Waals surface area contributed by atoms with E-state index < -0.39 is 0 Å². The molecule has 6 nitrogen and oxygen atoms in total. The van der Waals surface area contributed by atoms with Crippen LogP contribution in [0.3, 0.4) is 0 Å². The number of benzene rings is 1. The van der Waals surface area contributed by atoms with E-state index in [9.17, 15) is 9.59 Å². The molecule has 2 heterocycles. The van der Waals surface area contributed by atoms with Gasteiger partial charge in [0.15, 0.2) is 0 Å². The van der Waals surface area contributed by atoms with Gasteiger partial charge in [0.1, 0.15) is 17.0 Å². The predicted molar refractivity (Wildman–Crippen MR) is 101 cm³/mol. The Hall–Kier alpha value is -2.63. The number of rotatable bonds is 5. The van der Waals surface area contributed by atoms with E-state index in [-0.39, 0.29) is 17.7 Å². The molecule has 0 radical (unpaired) electrons. The quantitative estimate of drug-likeness (QED) is 0.881. The zero-order chi connectivity index (χ0) is 18.8. The second-order valence-corrected chi connectivity index (χ2v) is 7.59. The first-order valence-electron chi connectivity index (χ1n) is 9.73. The van der Waals surface area contributed by atoms with Crippen LogP contribution in [0.1, 0.15) is 48.2 Å². The normalized spacial score (nSPS) is 20.4. The molecule has 1 aliphatic heterocycles. The predicted octanol–water partition coefficient (Wildman–Crippen LogP) is 3.17. The first kappa shape index (κ1) is 17.8. The zero-order valence-corrected chi connectivity index (χ0v) is 15.6. The van der Waals surface area contributed by atoms with Gasteiger partial charge in [0.2, 0.25) is 5.91 Å². The van der Waals surface area contributed by atoms with Crippen LogP contribution in [0, 0.1) is 12.8 Å². The van der Waals surface area contributed by atoms with Gasteiger partial charge >= 0.3 is 0 Å². The van der Waals surface area contributed by atoms with E-state index in [4.69, 9.17) is 4.52 Å². The number of hydrogen-bond acceptors (Lipinski definition) is 4. The molecular weight excluding hydrogens is 342 g/mol. The van der Waals surface area contributed by atoms with Crippen molar-refractivity contribution in [1.29, 1.82) is 0 Å². The molecule has 1 atom stereocenters. The van der Waals surface area contributed by atoms with Crippen LogP contribution in [0.2, 0.25) is 0 Å². The van der Waals surface area contributed by atoms with E-state index in [2.05, 4.69) is 10.5 Å². The van der Waals surface area contributed by atoms with Crippen LogP contribution in [0.5, 0.6) is 0 Å². The minimum Gasteiger partial charge on any atom is -0.360 e. The van der Waals surface area contributed by atoms with Gasteiger partial charge in [-0.3, -0.25) is 9.59 Å². The Balaban J connectivity index is 1.41. The van der Waals surface area contributed by atoms with Crippen LogP contribution in [0.15, 0.2) is 34.9 Å². The van der Waals surface area contributed by atoms with Crippen molar-refractivity contribution in [3.05, 3.63) is 41.7 Å². The maximum atomic E-state index is 12.8. The third-order valence-electron chi connectivity index (χ3n) is 5.69. The molecule has 2 amide bonds. The van der Waals surface area contributed by atoms with Crippen molar-refractivity contribution >= 4 is 11.8 Å². The Morgan fingerprint density at radius 3 is 2.74 bits per heavy atom. The van der Waals surface area contributed by atoms with Gasteiger partial charge in [0.05, 0.1) is 0 Å². The summed E-state index contributed by atoms with van der Waals surface area (Å²) in [6, 6.07) is 9.95. The van der Waals surface area contributed by atoms with Crippen molar-refractivity contribution in [2.45, 2.75) is 45.1 Å². The fraction of sp³-hybridized carbons (Fsp3) is 0.476. The summed E-state index contributed by atoms with van der Waals surface area (Å²) in [5, 5.41) is 7.06. The Morgan fingerprint density at radius 1 is 1.26 bits per heavy atom. The van der Waals surface area contributed by atoms with Crippen LogP contribution in [-0.4, -0.2) is 41.0 Å². The fourth-order valence-corrected chi connectivity index (χ4v) is 4.27. The maximum absolute atomic E-state index is 12.8. The molecule has 0 bridgehead atoms. The third-order valence-corrected chi connectivity index (χ3v) is 5.69. The summed E-state index contributed by atoms with van der Waals surface area (Å²) in [5.74, 6) is 0.704. The van der Waals surface area contributed by atoms with E-state index in [1.54, 1.807) is 6.92 Å². The highest BCUT2D eigenvalue weighted by Crippen LogP contribution is 2.29. The summed E-state index contributed by atoms with van der Waals surface area (Å²) in [6.07, 6.45) is 5.18. The van der Waals surface area contributed by atoms with Crippen molar-refractivity contribution in [3.8, 4) is 11.3 Å². The molecule has 4 rings (SSSR count). The van der Waals surface area contributed by atoms with Crippen LogP contribution in [0.25, 0.3) is 11.3 Å². The van der Waals surface area contributed by atoms with Crippen LogP contribution >= 0.6 is 0 Å². The number of aromatic nitrogens is 1. The highest BCUT2D eigenvalue weighted by atomic mass is 16.5. The highest BCUT2D eigenvalue weighted by Gasteiger charge is 2.35. The topological polar surface area (TPSA) is 75.4 Å². The van der Waals surface area contributed by atoms with Crippen LogP contribution in [-0.2, 0) is 4.79 Å². The van der Waals surface area contributed by atoms with Gasteiger partial charge in [-0.2, -0.15) is 0 Å². The number of carbonyl (C=O) groups excluding carboxylic acids is 2. The first-order valence-corrected chi connectivity index (χ1v) is 9.73. The maximum Gasteiger partial charge on any atom is 0.257 e. The molecule has 1 saturated heterocycles. The smallest absolute Gasteiger partial charge is 0.257 e. The monoisotopic (exact) mass is 367 g/mol. The largest absolute Gasteiger partial charge is 0.360 e. The van der Waals surface area contributed by atoms with E-state index in [0.717, 1.165) is 24.9 Å². The molecule has 2 aliphatic rings. The molecule has 1 saturated carbocycles. The molecule has 27 heavy (non-hydrogen) atoms. The lowest BCUT2D eigenvalue weighted by Crippen LogP contribution is -2.36. The lowest BCUT2D eigenvalue weighted by molar-refractivity contribution is -0.129. The number of amides is 2. The van der Waals surface area contributed by atoms with Crippen molar-refractivity contribution in [2.24, 2.45) is 5.92 Å². The standard InChI is InChI=1S/C21H25N3O3/c1-14-19(20(23-27-14)16-7-3-2-4-8-16)21(26)22-12-15-11-18(25)24(13-15)17-9-5-6-10-17/h2-4,7-8,15,17H,5-6,9-13H2,1H3,(H,22,26)/t15-/m0/s1. The van der Waals surface area contributed by atoms with Gasteiger partial charge < -0.3 is 14.7 Å². The number of nitrogens with zero attached hydrogens (tertiary/aromatic N) is 2. The molecule has 142 valence electrons. The Morgan fingerprint density at radius 2 is 2.00 bits per heavy atom. The summed E-state index contributed by atoms with van der Waals surface area (Å²) < 4.78 is 5.27. The Kier molecular flexibility index (Phi) is 4.97. The molecular formula is C21H25N3O3. The second-order valence-electron chi connectivity index (χ2n) is 7.59. The summed E-state index contributed by atoms with van der Waals surface area (Å²) in [6.45, 7) is 2.99. The molecule has 1 aromatic carbocycles. The average molecular weight is 367 g/mol. The minimum absolute atomic E-state index is 0.169. The SMILES string of the molecule is Cc1onc(-c2ccccc2)c1C(=O)NC[C@@H]1CC(=O)N(C2CCCC2)C1. The average Bonchev–Trinajstić information content (AvgIpc) is 3.40. The Bertz CT molecular complexity index is 824. The first-order chi connectivity index (χ1) is 13.1. The summed E-state index contributed by atoms with van der Waals surface area (Å²) in [4.78, 5) is 27.1. The van der Waals surface area contributed by atoms with Crippen LogP contribution < -0.4 is 5.32 Å². The van der Waals surface area contributed by atoms with Crippen molar-refractivity contribution < 1.29 is 14.1 Å². The molecule has 1 N–H and O–H groups in total. The molecule has 2 fully saturated rings. The molecule has 1 aromatic heterocycles. The number of aryl methyl sites for hydroxylation is 1. The lowest BCUT2D eigenvalue weighted by Gasteiger charge is -2.24.